The maximum atomic E-state index is 14.4. The van der Waals surface area contributed by atoms with Crippen LogP contribution in [-0.4, -0.2) is 75.5 Å². The van der Waals surface area contributed by atoms with E-state index in [2.05, 4.69) is 60.8 Å². The van der Waals surface area contributed by atoms with E-state index in [1.54, 1.807) is 84.4 Å². The van der Waals surface area contributed by atoms with Crippen molar-refractivity contribution in [2.45, 2.75) is 26.6 Å². The molecule has 0 radical (unpaired) electrons. The molecule has 0 spiro atoms. The first-order valence-corrected chi connectivity index (χ1v) is 26.2. The Labute approximate surface area is 494 Å². The second-order valence-electron chi connectivity index (χ2n) is 19.1. The predicted molar refractivity (Wildman–Crippen MR) is 304 cm³/mol. The normalized spacial score (nSPS) is 11.0. The fraction of sp³-hybridized carbons (Fsp3) is 0.0667. The molecule has 446 valence electrons. The summed E-state index contributed by atoms with van der Waals surface area (Å²) in [5, 5.41) is 23.6. The van der Waals surface area contributed by atoms with Gasteiger partial charge >= 0.3 is 0 Å². The molecule has 1 amide bonds. The summed E-state index contributed by atoms with van der Waals surface area (Å²) in [6.07, 6.45) is 8.76. The number of nitrogens with one attached hydrogen (secondary N) is 3. The van der Waals surface area contributed by atoms with Gasteiger partial charge in [0, 0.05) is 39.9 Å². The molecule has 22 nitrogen and oxygen atoms in total. The van der Waals surface area contributed by atoms with Crippen molar-refractivity contribution in [1.29, 1.82) is 0 Å². The molecule has 0 aliphatic rings. The highest BCUT2D eigenvalue weighted by Crippen LogP contribution is 2.30. The second-order valence-corrected chi connectivity index (χ2v) is 19.1. The molecule has 4 aromatic carbocycles. The van der Waals surface area contributed by atoms with Gasteiger partial charge in [0.2, 0.25) is 11.6 Å². The van der Waals surface area contributed by atoms with Crippen LogP contribution in [0.15, 0.2) is 188 Å². The van der Waals surface area contributed by atoms with Crippen LogP contribution in [-0.2, 0) is 19.6 Å². The van der Waals surface area contributed by atoms with Crippen LogP contribution in [0.2, 0.25) is 0 Å². The number of aromatic nitrogens is 14. The minimum atomic E-state index is -0.989. The van der Waals surface area contributed by atoms with Crippen molar-refractivity contribution in [2.75, 3.05) is 11.1 Å². The van der Waals surface area contributed by atoms with Crippen molar-refractivity contribution in [3.8, 4) is 68.6 Å². The van der Waals surface area contributed by atoms with E-state index in [1.807, 2.05) is 0 Å². The van der Waals surface area contributed by atoms with E-state index in [0.717, 1.165) is 36.2 Å². The summed E-state index contributed by atoms with van der Waals surface area (Å²) in [6.45, 7) is 1.87. The summed E-state index contributed by atoms with van der Waals surface area (Å²) in [7, 11) is 0. The van der Waals surface area contributed by atoms with E-state index in [1.165, 1.54) is 70.9 Å². The van der Waals surface area contributed by atoms with Crippen molar-refractivity contribution < 1.29 is 49.0 Å². The van der Waals surface area contributed by atoms with Crippen LogP contribution in [0, 0.1) is 47.6 Å². The van der Waals surface area contributed by atoms with E-state index in [4.69, 9.17) is 19.2 Å². The van der Waals surface area contributed by atoms with Crippen molar-refractivity contribution in [1.82, 2.24) is 69.6 Å². The Kier molecular flexibility index (Phi) is 16.8. The highest BCUT2D eigenvalue weighted by atomic mass is 19.2. The third-order valence-corrected chi connectivity index (χ3v) is 13.2. The van der Waals surface area contributed by atoms with Gasteiger partial charge in [-0.2, -0.15) is 24.1 Å². The molecule has 0 aliphatic carbocycles. The Hall–Kier alpha value is -12.2. The number of nitrogen functional groups attached to an aromatic ring is 1. The highest BCUT2D eigenvalue weighted by Gasteiger charge is 2.22. The largest absolute Gasteiger partial charge is 0.472 e. The summed E-state index contributed by atoms with van der Waals surface area (Å²) in [6, 6.07) is 30.2. The summed E-state index contributed by atoms with van der Waals surface area (Å²) in [5.74, 6) is -5.30. The average molecular weight is 1220 g/mol. The third kappa shape index (κ3) is 13.2. The van der Waals surface area contributed by atoms with Crippen LogP contribution in [0.25, 0.3) is 68.6 Å². The lowest BCUT2D eigenvalue weighted by Crippen LogP contribution is -2.14. The lowest BCUT2D eigenvalue weighted by molar-refractivity contribution is 0.102. The zero-order chi connectivity index (χ0) is 62.3. The van der Waals surface area contributed by atoms with E-state index < -0.39 is 46.1 Å². The molecule has 0 saturated heterocycles. The van der Waals surface area contributed by atoms with Gasteiger partial charge in [-0.3, -0.25) is 28.4 Å². The van der Waals surface area contributed by atoms with Gasteiger partial charge in [0.1, 0.15) is 64.1 Å². The van der Waals surface area contributed by atoms with Crippen LogP contribution in [0.5, 0.6) is 0 Å². The first-order chi connectivity index (χ1) is 43.0. The molecule has 0 bridgehead atoms. The van der Waals surface area contributed by atoms with Crippen LogP contribution in [0.1, 0.15) is 32.6 Å². The quantitative estimate of drug-likeness (QED) is 0.0736. The lowest BCUT2D eigenvalue weighted by Gasteiger charge is -2.08. The molecule has 0 aliphatic heterocycles. The molecule has 0 atom stereocenters. The number of hydrogen-bond donors (Lipinski definition) is 4. The number of hydrogen-bond acceptors (Lipinski definition) is 16. The molecular weight excluding hydrogens is 1170 g/mol. The third-order valence-electron chi connectivity index (χ3n) is 13.2. The second kappa shape index (κ2) is 25.6. The van der Waals surface area contributed by atoms with Gasteiger partial charge in [-0.05, 0) is 73.2 Å². The van der Waals surface area contributed by atoms with E-state index in [9.17, 15) is 45.1 Å². The number of nitrogens with two attached hydrogens (primary N) is 1. The van der Waals surface area contributed by atoms with Crippen molar-refractivity contribution >= 4 is 17.4 Å². The molecule has 13 aromatic rings. The molecule has 9 heterocycles. The summed E-state index contributed by atoms with van der Waals surface area (Å²) < 4.78 is 115. The summed E-state index contributed by atoms with van der Waals surface area (Å²) in [5.41, 5.74) is 10.2. The minimum Gasteiger partial charge on any atom is -0.472 e. The molecule has 9 aromatic heterocycles. The maximum absolute atomic E-state index is 14.4. The van der Waals surface area contributed by atoms with Crippen LogP contribution < -0.4 is 22.2 Å². The topological polar surface area (TPSA) is 291 Å². The highest BCUT2D eigenvalue weighted by molar-refractivity contribution is 6.05. The molecule has 0 unspecified atom stereocenters. The Balaban J connectivity index is 0.000000140. The number of H-pyrrole nitrogens is 2. The number of carbonyl (C=O) groups is 1. The van der Waals surface area contributed by atoms with Gasteiger partial charge < -0.3 is 34.5 Å². The van der Waals surface area contributed by atoms with Gasteiger partial charge in [0.25, 0.3) is 17.0 Å². The number of aryl methyl sites for hydroxylation is 1. The fourth-order valence-corrected chi connectivity index (χ4v) is 8.74. The molecular formula is C60H41F7N16O6. The van der Waals surface area contributed by atoms with E-state index in [0.29, 0.717) is 50.9 Å². The van der Waals surface area contributed by atoms with Gasteiger partial charge in [-0.1, -0.05) is 58.8 Å². The van der Waals surface area contributed by atoms with Gasteiger partial charge in [-0.15, -0.1) is 0 Å². The maximum Gasteiger partial charge on any atom is 0.287 e. The number of rotatable bonds is 14. The number of carbonyl (C=O) groups excluding carboxylic acids is 1. The predicted octanol–water partition coefficient (Wildman–Crippen LogP) is 10.4. The fourth-order valence-electron chi connectivity index (χ4n) is 8.74. The Morgan fingerprint density at radius 3 is 1.66 bits per heavy atom. The molecule has 89 heavy (non-hydrogen) atoms. The van der Waals surface area contributed by atoms with Crippen molar-refractivity contribution in [2.24, 2.45) is 0 Å². The van der Waals surface area contributed by atoms with Gasteiger partial charge in [-0.25, -0.2) is 41.9 Å². The first-order valence-electron chi connectivity index (χ1n) is 26.2. The average Bonchev–Trinajstić information content (AvgIpc) is 4.20. The number of anilines is 2. The van der Waals surface area contributed by atoms with Crippen LogP contribution in [0.4, 0.5) is 42.2 Å². The van der Waals surface area contributed by atoms with Crippen LogP contribution >= 0.6 is 0 Å². The number of halogens is 7. The van der Waals surface area contributed by atoms with Gasteiger partial charge in [0.05, 0.1) is 67.8 Å². The Morgan fingerprint density at radius 1 is 0.551 bits per heavy atom. The molecule has 13 rings (SSSR count). The molecule has 5 N–H and O–H groups in total. The number of aromatic amines is 2. The van der Waals surface area contributed by atoms with E-state index in [-0.39, 0.29) is 82.8 Å². The lowest BCUT2D eigenvalue weighted by atomic mass is 10.1. The summed E-state index contributed by atoms with van der Waals surface area (Å²) >= 11 is 0. The summed E-state index contributed by atoms with van der Waals surface area (Å²) in [4.78, 5) is 56.3. The zero-order valence-corrected chi connectivity index (χ0v) is 45.7. The Bertz CT molecular complexity index is 4780. The van der Waals surface area contributed by atoms with Crippen molar-refractivity contribution in [3.05, 3.63) is 254 Å². The van der Waals surface area contributed by atoms with Crippen LogP contribution in [0.3, 0.4) is 0 Å². The monoisotopic (exact) mass is 1210 g/mol. The number of furan rings is 1. The minimum absolute atomic E-state index is 0.0378. The molecule has 29 heteroatoms. The smallest absolute Gasteiger partial charge is 0.287 e. The molecule has 0 saturated carbocycles. The first kappa shape index (κ1) is 58.6. The molecule has 0 fully saturated rings. The number of benzene rings is 4. The van der Waals surface area contributed by atoms with Gasteiger partial charge in [0.15, 0.2) is 34.9 Å². The van der Waals surface area contributed by atoms with E-state index >= 15 is 0 Å². The standard InChI is InChI=1S/C24H16F3N7O2.C18H13F2N5O2.C18H12F2N4O2/c25-15-6-4-13(5-7-15)24(35)30-19-11-29-23(31-22(19)28)18-10-20(17-8-9-36-33-17)34(32-18)12-14-2-1-3-16(26)21(14)27;1-10-3-2-4-11(16(10)20)9-25-15(13-5-6-27-24-13)7-14(23-25)17-21-8-12(19)18(26)22-17;19-13-4-2-1-3-11(13)9-24-16(12-5-6-26-10-12)7-15(23-24)17-21-8-14(20)18(25)22-17/h1-11H,12H2,(H,30,35)(H2,28,29,31);2-8H,9H2,1H3,(H,21,22,26);1-8,10H,9H2,(H,21,22,25). The Morgan fingerprint density at radius 2 is 1.09 bits per heavy atom. The number of nitrogens with zero attached hydrogens (tertiary/aromatic N) is 12. The SMILES string of the molecule is Cc1cccc(Cn2nc(-c3ncc(F)c(=O)[nH]3)cc2-c2ccon2)c1F.Nc1nc(-c2cc(-c3ccon3)n(Cc3cccc(F)c3F)n2)ncc1NC(=O)c1ccc(F)cc1.O=c1[nH]c(-c2cc(-c3ccoc3)n(Cc3ccccc3F)n2)ncc1F. The zero-order valence-electron chi connectivity index (χ0n) is 45.7. The number of amides is 1. The van der Waals surface area contributed by atoms with Crippen molar-refractivity contribution in [3.63, 3.8) is 0 Å².